The van der Waals surface area contributed by atoms with Crippen molar-refractivity contribution in [3.8, 4) is 16.9 Å². The third-order valence-corrected chi connectivity index (χ3v) is 8.77. The third kappa shape index (κ3) is 4.02. The molecule has 0 heterocycles. The minimum Gasteiger partial charge on any atom is -0.507 e. The predicted octanol–water partition coefficient (Wildman–Crippen LogP) is 0.236. The summed E-state index contributed by atoms with van der Waals surface area (Å²) in [4.78, 5) is 82.1. The number of nitrogens with two attached hydrogens (primary N) is 1. The maximum atomic E-state index is 13.9. The van der Waals surface area contributed by atoms with Crippen LogP contribution in [-0.4, -0.2) is 94.8 Å². The Balaban J connectivity index is 1.64. The molecular formula is C30H31N3O8. The van der Waals surface area contributed by atoms with Crippen molar-refractivity contribution >= 4 is 34.9 Å². The molecule has 0 radical (unpaired) electrons. The van der Waals surface area contributed by atoms with Gasteiger partial charge in [-0.25, -0.2) is 0 Å². The number of carbonyl (C=O) groups is 6. The summed E-state index contributed by atoms with van der Waals surface area (Å²) in [6.45, 7) is 0. The van der Waals surface area contributed by atoms with Crippen LogP contribution in [0.15, 0.2) is 36.4 Å². The molecule has 11 heteroatoms. The largest absolute Gasteiger partial charge is 0.507 e. The number of nitrogens with zero attached hydrogens (tertiary/aromatic N) is 2. The molecule has 2 fully saturated rings. The number of aliphatic hydroxyl groups is 1. The summed E-state index contributed by atoms with van der Waals surface area (Å²) in [5.41, 5.74) is 4.57. The molecule has 4 N–H and O–H groups in total. The van der Waals surface area contributed by atoms with Crippen molar-refractivity contribution in [1.82, 2.24) is 9.80 Å². The van der Waals surface area contributed by atoms with Gasteiger partial charge in [0, 0.05) is 25.6 Å². The van der Waals surface area contributed by atoms with E-state index in [0.29, 0.717) is 22.3 Å². The Morgan fingerprint density at radius 3 is 2.29 bits per heavy atom. The van der Waals surface area contributed by atoms with Crippen molar-refractivity contribution in [3.05, 3.63) is 53.1 Å². The van der Waals surface area contributed by atoms with Crippen LogP contribution in [0, 0.1) is 23.7 Å². The zero-order valence-corrected chi connectivity index (χ0v) is 23.1. The van der Waals surface area contributed by atoms with Crippen molar-refractivity contribution in [2.45, 2.75) is 24.5 Å². The van der Waals surface area contributed by atoms with Crippen molar-refractivity contribution in [2.75, 3.05) is 28.2 Å². The summed E-state index contributed by atoms with van der Waals surface area (Å²) in [5, 5.41) is 22.5. The normalized spacial score (nSPS) is 29.1. The number of rotatable bonds is 4. The zero-order valence-electron chi connectivity index (χ0n) is 23.1. The number of benzene rings is 2. The Morgan fingerprint density at radius 2 is 1.68 bits per heavy atom. The Kier molecular flexibility index (Phi) is 6.70. The summed E-state index contributed by atoms with van der Waals surface area (Å²) in [6.07, 6.45) is 0.0829. The van der Waals surface area contributed by atoms with Crippen molar-refractivity contribution in [3.63, 3.8) is 0 Å². The molecular weight excluding hydrogens is 530 g/mol. The summed E-state index contributed by atoms with van der Waals surface area (Å²) < 4.78 is 0. The SMILES string of the molecule is CN(C)C(=O)c1cccc(-c2ccc(O)c3c2C[C@H]2C[C@H]4[C@H](N(C)C)C(=O)C(C(N)=O)C(=O)[C@@]4(O)C(=O)C2C3=O)c1. The smallest absolute Gasteiger partial charge is 0.253 e. The van der Waals surface area contributed by atoms with Gasteiger partial charge in [0.05, 0.1) is 17.5 Å². The van der Waals surface area contributed by atoms with Crippen LogP contribution in [0.1, 0.15) is 32.7 Å². The standard InChI is InChI=1S/C30H31N3O8/c1-32(2)23-18-12-15-11-17-16(13-6-5-7-14(10-13)29(40)33(3)4)8-9-19(34)21(17)24(35)20(15)26(37)30(18,41)27(38)22(25(23)36)28(31)39/h5-10,15,18,20,22-23,34,41H,11-12H2,1-4H3,(H2,31,39)/t15-,18-,20?,22?,23-,30-/m0/s1. The average Bonchev–Trinajstić information content (AvgIpc) is 2.90. The number of hydrogen-bond acceptors (Lipinski definition) is 9. The molecule has 0 aliphatic heterocycles. The van der Waals surface area contributed by atoms with E-state index in [-0.39, 0.29) is 30.1 Å². The lowest BCUT2D eigenvalue weighted by Crippen LogP contribution is -2.74. The fraction of sp³-hybridized carbons (Fsp3) is 0.400. The summed E-state index contributed by atoms with van der Waals surface area (Å²) in [5.74, 6) is -11.2. The van der Waals surface area contributed by atoms with E-state index in [0.717, 1.165) is 0 Å². The maximum Gasteiger partial charge on any atom is 0.253 e. The molecule has 214 valence electrons. The van der Waals surface area contributed by atoms with Gasteiger partial charge in [-0.3, -0.25) is 33.7 Å². The van der Waals surface area contributed by atoms with Crippen LogP contribution in [0.3, 0.4) is 0 Å². The Morgan fingerprint density at radius 1 is 1.00 bits per heavy atom. The summed E-state index contributed by atoms with van der Waals surface area (Å²) in [7, 11) is 6.33. The first-order chi connectivity index (χ1) is 19.2. The van der Waals surface area contributed by atoms with Crippen LogP contribution in [0.4, 0.5) is 0 Å². The first-order valence-corrected chi connectivity index (χ1v) is 13.2. The highest BCUT2D eigenvalue weighted by Crippen LogP contribution is 2.51. The minimum atomic E-state index is -2.77. The van der Waals surface area contributed by atoms with Gasteiger partial charge in [0.15, 0.2) is 34.7 Å². The highest BCUT2D eigenvalue weighted by atomic mass is 16.3. The molecule has 6 atom stereocenters. The van der Waals surface area contributed by atoms with Gasteiger partial charge < -0.3 is 20.8 Å². The van der Waals surface area contributed by atoms with Gasteiger partial charge in [-0.05, 0) is 67.7 Å². The monoisotopic (exact) mass is 561 g/mol. The second-order valence-corrected chi connectivity index (χ2v) is 11.6. The maximum absolute atomic E-state index is 13.9. The number of aromatic hydroxyl groups is 1. The van der Waals surface area contributed by atoms with Crippen LogP contribution in [-0.2, 0) is 25.6 Å². The van der Waals surface area contributed by atoms with E-state index in [4.69, 9.17) is 5.73 Å². The molecule has 11 nitrogen and oxygen atoms in total. The molecule has 0 aromatic heterocycles. The Labute approximate surface area is 235 Å². The van der Waals surface area contributed by atoms with Crippen LogP contribution in [0.2, 0.25) is 0 Å². The van der Waals surface area contributed by atoms with Crippen LogP contribution in [0.25, 0.3) is 11.1 Å². The first-order valence-electron chi connectivity index (χ1n) is 13.2. The van der Waals surface area contributed by atoms with Gasteiger partial charge in [-0.15, -0.1) is 0 Å². The number of hydrogen-bond donors (Lipinski definition) is 3. The average molecular weight is 562 g/mol. The number of phenols is 1. The highest BCUT2D eigenvalue weighted by molar-refractivity contribution is 6.32. The van der Waals surface area contributed by atoms with E-state index >= 15 is 0 Å². The minimum absolute atomic E-state index is 0.0435. The fourth-order valence-corrected chi connectivity index (χ4v) is 6.95. The van der Waals surface area contributed by atoms with Crippen LogP contribution >= 0.6 is 0 Å². The number of primary amides is 1. The molecule has 2 aromatic carbocycles. The second-order valence-electron chi connectivity index (χ2n) is 11.6. The Hall–Kier alpha value is -4.22. The number of carbonyl (C=O) groups excluding carboxylic acids is 6. The third-order valence-electron chi connectivity index (χ3n) is 8.77. The molecule has 2 amide bonds. The zero-order chi connectivity index (χ0) is 30.1. The highest BCUT2D eigenvalue weighted by Gasteiger charge is 2.69. The molecule has 2 unspecified atom stereocenters. The second kappa shape index (κ2) is 9.71. The number of fused-ring (bicyclic) bond motifs is 3. The molecule has 41 heavy (non-hydrogen) atoms. The van der Waals surface area contributed by atoms with Crippen molar-refractivity contribution < 1.29 is 39.0 Å². The molecule has 3 aliphatic rings. The number of ketones is 4. The van der Waals surface area contributed by atoms with Gasteiger partial charge in [0.1, 0.15) is 5.75 Å². The summed E-state index contributed by atoms with van der Waals surface area (Å²) >= 11 is 0. The van der Waals surface area contributed by atoms with Gasteiger partial charge in [-0.2, -0.15) is 0 Å². The van der Waals surface area contributed by atoms with Crippen molar-refractivity contribution in [1.29, 1.82) is 0 Å². The van der Waals surface area contributed by atoms with E-state index in [2.05, 4.69) is 0 Å². The number of amides is 2. The molecule has 0 bridgehead atoms. The van der Waals surface area contributed by atoms with Crippen molar-refractivity contribution in [2.24, 2.45) is 29.4 Å². The molecule has 5 rings (SSSR count). The van der Waals surface area contributed by atoms with E-state index in [9.17, 15) is 39.0 Å². The van der Waals surface area contributed by atoms with E-state index < -0.39 is 64.4 Å². The molecule has 0 spiro atoms. The molecule has 2 saturated carbocycles. The number of Topliss-reactive ketones (excluding diaryl/α,β-unsaturated/α-hetero) is 4. The molecule has 0 saturated heterocycles. The van der Waals surface area contributed by atoms with E-state index in [1.165, 1.54) is 30.0 Å². The van der Waals surface area contributed by atoms with Crippen LogP contribution < -0.4 is 5.73 Å². The lowest BCUT2D eigenvalue weighted by Gasteiger charge is -2.52. The predicted molar refractivity (Wildman–Crippen MR) is 145 cm³/mol. The van der Waals surface area contributed by atoms with Gasteiger partial charge in [0.2, 0.25) is 5.91 Å². The van der Waals surface area contributed by atoms with E-state index in [1.807, 2.05) is 0 Å². The topological polar surface area (TPSA) is 175 Å². The Bertz CT molecular complexity index is 1550. The molecule has 2 aromatic rings. The first kappa shape index (κ1) is 28.3. The fourth-order valence-electron chi connectivity index (χ4n) is 6.95. The molecule has 3 aliphatic carbocycles. The van der Waals surface area contributed by atoms with Gasteiger partial charge >= 0.3 is 0 Å². The van der Waals surface area contributed by atoms with Crippen LogP contribution in [0.5, 0.6) is 5.75 Å². The van der Waals surface area contributed by atoms with Gasteiger partial charge in [0.25, 0.3) is 5.91 Å². The lowest BCUT2D eigenvalue weighted by molar-refractivity contribution is -0.181. The number of likely N-dealkylation sites (N-methyl/N-ethyl adjacent to an activating group) is 1. The lowest BCUT2D eigenvalue weighted by atomic mass is 9.52. The summed E-state index contributed by atoms with van der Waals surface area (Å²) in [6, 6.07) is 8.61. The van der Waals surface area contributed by atoms with E-state index in [1.54, 1.807) is 44.4 Å². The number of phenolic OH excluding ortho intramolecular Hbond substituents is 1. The van der Waals surface area contributed by atoms with Gasteiger partial charge in [-0.1, -0.05) is 18.2 Å². The quantitative estimate of drug-likeness (QED) is 0.442.